The third-order valence-electron chi connectivity index (χ3n) is 3.18. The quantitative estimate of drug-likeness (QED) is 0.652. The Hall–Kier alpha value is -0.610. The summed E-state index contributed by atoms with van der Waals surface area (Å²) in [5, 5.41) is 21.3. The number of carbonyl (C=O) groups excluding carboxylic acids is 1. The van der Waals surface area contributed by atoms with Crippen LogP contribution in [0.3, 0.4) is 0 Å². The molecule has 0 spiro atoms. The highest BCUT2D eigenvalue weighted by atomic mass is 16.3. The lowest BCUT2D eigenvalue weighted by atomic mass is 9.84. The van der Waals surface area contributed by atoms with Crippen molar-refractivity contribution in [3.8, 4) is 0 Å². The first-order valence-electron chi connectivity index (χ1n) is 6.71. The molecule has 0 saturated heterocycles. The molecule has 1 atom stereocenters. The van der Waals surface area contributed by atoms with Gasteiger partial charge in [-0.15, -0.1) is 0 Å². The molecular weight excluding hydrogens is 230 g/mol. The van der Waals surface area contributed by atoms with Crippen molar-refractivity contribution in [1.29, 1.82) is 0 Å². The maximum absolute atomic E-state index is 11.9. The first-order valence-corrected chi connectivity index (χ1v) is 6.71. The van der Waals surface area contributed by atoms with Gasteiger partial charge >= 0.3 is 0 Å². The summed E-state index contributed by atoms with van der Waals surface area (Å²) >= 11 is 0. The van der Waals surface area contributed by atoms with E-state index in [1.165, 1.54) is 0 Å². The number of aliphatic hydroxyl groups excluding tert-OH is 2. The van der Waals surface area contributed by atoms with E-state index < -0.39 is 5.54 Å². The lowest BCUT2D eigenvalue weighted by molar-refractivity contribution is -0.125. The van der Waals surface area contributed by atoms with E-state index in [0.29, 0.717) is 12.8 Å². The van der Waals surface area contributed by atoms with Crippen LogP contribution in [0.25, 0.3) is 0 Å². The van der Waals surface area contributed by atoms with E-state index in [1.807, 2.05) is 6.92 Å². The number of hydrogen-bond acceptors (Lipinski definition) is 3. The molecule has 0 aromatic rings. The summed E-state index contributed by atoms with van der Waals surface area (Å²) in [6, 6.07) is 0. The zero-order chi connectivity index (χ0) is 14.4. The fourth-order valence-electron chi connectivity index (χ4n) is 2.22. The van der Waals surface area contributed by atoms with Crippen molar-refractivity contribution in [3.05, 3.63) is 0 Å². The highest BCUT2D eigenvalue weighted by Gasteiger charge is 2.29. The van der Waals surface area contributed by atoms with Gasteiger partial charge in [-0.05, 0) is 24.2 Å². The van der Waals surface area contributed by atoms with Gasteiger partial charge in [-0.3, -0.25) is 4.79 Å². The average molecular weight is 259 g/mol. The number of hydrogen-bond donors (Lipinski definition) is 3. The predicted molar refractivity (Wildman–Crippen MR) is 73.2 cm³/mol. The minimum Gasteiger partial charge on any atom is -0.394 e. The lowest BCUT2D eigenvalue weighted by Gasteiger charge is -2.31. The van der Waals surface area contributed by atoms with Crippen LogP contribution in [0, 0.1) is 11.3 Å². The molecule has 0 aliphatic carbocycles. The Morgan fingerprint density at radius 3 is 2.06 bits per heavy atom. The smallest absolute Gasteiger partial charge is 0.220 e. The van der Waals surface area contributed by atoms with Crippen LogP contribution in [0.2, 0.25) is 0 Å². The van der Waals surface area contributed by atoms with Gasteiger partial charge in [-0.25, -0.2) is 0 Å². The molecule has 0 fully saturated rings. The maximum Gasteiger partial charge on any atom is 0.220 e. The Labute approximate surface area is 111 Å². The highest BCUT2D eigenvalue weighted by Crippen LogP contribution is 2.26. The molecule has 18 heavy (non-hydrogen) atoms. The monoisotopic (exact) mass is 259 g/mol. The second-order valence-electron chi connectivity index (χ2n) is 6.57. The van der Waals surface area contributed by atoms with Crippen molar-refractivity contribution in [1.82, 2.24) is 5.32 Å². The molecule has 0 aliphatic heterocycles. The van der Waals surface area contributed by atoms with E-state index in [9.17, 15) is 15.0 Å². The van der Waals surface area contributed by atoms with Crippen molar-refractivity contribution in [2.45, 2.75) is 59.4 Å². The molecule has 108 valence electrons. The Kier molecular flexibility index (Phi) is 6.86. The van der Waals surface area contributed by atoms with Gasteiger partial charge in [0.05, 0.1) is 18.8 Å². The Morgan fingerprint density at radius 2 is 1.72 bits per heavy atom. The Bertz CT molecular complexity index is 246. The molecule has 4 nitrogen and oxygen atoms in total. The fraction of sp³-hybridized carbons (Fsp3) is 0.929. The SMILES string of the molecule is CCC(CO)(CO)NC(=O)CC(C)CC(C)(C)C. The van der Waals surface area contributed by atoms with Gasteiger partial charge < -0.3 is 15.5 Å². The van der Waals surface area contributed by atoms with Gasteiger partial charge in [-0.1, -0.05) is 34.6 Å². The molecular formula is C14H29NO3. The molecule has 0 heterocycles. The van der Waals surface area contributed by atoms with E-state index in [2.05, 4.69) is 33.0 Å². The van der Waals surface area contributed by atoms with Gasteiger partial charge in [-0.2, -0.15) is 0 Å². The van der Waals surface area contributed by atoms with Crippen LogP contribution in [-0.2, 0) is 4.79 Å². The molecule has 0 saturated carbocycles. The summed E-state index contributed by atoms with van der Waals surface area (Å²) < 4.78 is 0. The fourth-order valence-corrected chi connectivity index (χ4v) is 2.22. The molecule has 1 amide bonds. The Morgan fingerprint density at radius 1 is 1.22 bits per heavy atom. The molecule has 0 radical (unpaired) electrons. The van der Waals surface area contributed by atoms with E-state index in [4.69, 9.17) is 0 Å². The molecule has 0 aromatic carbocycles. The number of nitrogens with one attached hydrogen (secondary N) is 1. The maximum atomic E-state index is 11.9. The first-order chi connectivity index (χ1) is 8.18. The second-order valence-corrected chi connectivity index (χ2v) is 6.57. The molecule has 4 heteroatoms. The minimum atomic E-state index is -0.876. The summed E-state index contributed by atoms with van der Waals surface area (Å²) in [6.45, 7) is 9.87. The molecule has 1 unspecified atom stereocenters. The van der Waals surface area contributed by atoms with Crippen molar-refractivity contribution in [2.24, 2.45) is 11.3 Å². The van der Waals surface area contributed by atoms with Gasteiger partial charge in [0.25, 0.3) is 0 Å². The molecule has 3 N–H and O–H groups in total. The summed E-state index contributed by atoms with van der Waals surface area (Å²) in [4.78, 5) is 11.9. The third-order valence-corrected chi connectivity index (χ3v) is 3.18. The Balaban J connectivity index is 4.33. The van der Waals surface area contributed by atoms with Crippen molar-refractivity contribution < 1.29 is 15.0 Å². The van der Waals surface area contributed by atoms with Crippen LogP contribution in [0.5, 0.6) is 0 Å². The number of carbonyl (C=O) groups is 1. The summed E-state index contributed by atoms with van der Waals surface area (Å²) in [5.41, 5.74) is -0.673. The van der Waals surface area contributed by atoms with Gasteiger partial charge in [0.2, 0.25) is 5.91 Å². The van der Waals surface area contributed by atoms with Crippen LogP contribution in [0.15, 0.2) is 0 Å². The van der Waals surface area contributed by atoms with Crippen molar-refractivity contribution >= 4 is 5.91 Å². The zero-order valence-electron chi connectivity index (χ0n) is 12.4. The van der Waals surface area contributed by atoms with Gasteiger partial charge in [0.1, 0.15) is 0 Å². The van der Waals surface area contributed by atoms with Crippen molar-refractivity contribution in [3.63, 3.8) is 0 Å². The predicted octanol–water partition coefficient (Wildman–Crippen LogP) is 1.70. The van der Waals surface area contributed by atoms with Crippen LogP contribution >= 0.6 is 0 Å². The molecule has 0 aromatic heterocycles. The van der Waals surface area contributed by atoms with Gasteiger partial charge in [0.15, 0.2) is 0 Å². The topological polar surface area (TPSA) is 69.6 Å². The van der Waals surface area contributed by atoms with Gasteiger partial charge in [0, 0.05) is 6.42 Å². The number of amides is 1. The minimum absolute atomic E-state index is 0.100. The number of aliphatic hydroxyl groups is 2. The summed E-state index contributed by atoms with van der Waals surface area (Å²) in [6.07, 6.45) is 1.91. The largest absolute Gasteiger partial charge is 0.394 e. The van der Waals surface area contributed by atoms with E-state index >= 15 is 0 Å². The molecule has 0 aliphatic rings. The number of rotatable bonds is 7. The van der Waals surface area contributed by atoms with E-state index in [1.54, 1.807) is 0 Å². The first kappa shape index (κ1) is 17.4. The second kappa shape index (κ2) is 7.10. The molecule has 0 bridgehead atoms. The van der Waals surface area contributed by atoms with E-state index in [-0.39, 0.29) is 30.5 Å². The molecule has 0 rings (SSSR count). The zero-order valence-corrected chi connectivity index (χ0v) is 12.4. The normalized spacial score (nSPS) is 14.4. The van der Waals surface area contributed by atoms with Crippen molar-refractivity contribution in [2.75, 3.05) is 13.2 Å². The lowest BCUT2D eigenvalue weighted by Crippen LogP contribution is -2.54. The third kappa shape index (κ3) is 6.36. The van der Waals surface area contributed by atoms with Crippen LogP contribution in [0.1, 0.15) is 53.9 Å². The highest BCUT2D eigenvalue weighted by molar-refractivity contribution is 5.77. The van der Waals surface area contributed by atoms with Crippen LogP contribution in [0.4, 0.5) is 0 Å². The van der Waals surface area contributed by atoms with Crippen LogP contribution < -0.4 is 5.32 Å². The standard InChI is InChI=1S/C14H29NO3/c1-6-14(9-16,10-17)15-12(18)7-11(2)8-13(3,4)5/h11,16-17H,6-10H2,1-5H3,(H,15,18). The summed E-state index contributed by atoms with van der Waals surface area (Å²) in [5.74, 6) is 0.189. The average Bonchev–Trinajstić information content (AvgIpc) is 2.23. The van der Waals surface area contributed by atoms with E-state index in [0.717, 1.165) is 6.42 Å². The van der Waals surface area contributed by atoms with Crippen LogP contribution in [-0.4, -0.2) is 34.9 Å². The summed E-state index contributed by atoms with van der Waals surface area (Å²) in [7, 11) is 0.